The van der Waals surface area contributed by atoms with E-state index in [-0.39, 0.29) is 31.3 Å². The van der Waals surface area contributed by atoms with Crippen molar-refractivity contribution in [2.45, 2.75) is 0 Å². The van der Waals surface area contributed by atoms with Gasteiger partial charge in [0.05, 0.1) is 0 Å². The standard InChI is InChI=1S/2C7H7NO.Zn/c2*8-7(9)6-4-2-1-3-5-6;/h2*1-5H,(H2,8,9);. The molecule has 0 aliphatic carbocycles. The number of benzene rings is 2. The van der Waals surface area contributed by atoms with Crippen molar-refractivity contribution in [3.8, 4) is 0 Å². The van der Waals surface area contributed by atoms with Crippen LogP contribution in [0.4, 0.5) is 0 Å². The first-order valence-corrected chi connectivity index (χ1v) is 5.31. The van der Waals surface area contributed by atoms with Crippen molar-refractivity contribution in [3.05, 3.63) is 71.8 Å². The number of hydrogen-bond acceptors (Lipinski definition) is 2. The minimum absolute atomic E-state index is 0. The summed E-state index contributed by atoms with van der Waals surface area (Å²) in [5.41, 5.74) is 11.1. The Labute approximate surface area is 124 Å². The third kappa shape index (κ3) is 6.48. The third-order valence-corrected chi connectivity index (χ3v) is 2.12. The van der Waals surface area contributed by atoms with Crippen molar-refractivity contribution in [3.63, 3.8) is 0 Å². The first-order valence-electron chi connectivity index (χ1n) is 5.31. The second-order valence-corrected chi connectivity index (χ2v) is 3.46. The maximum absolute atomic E-state index is 10.4. The fraction of sp³-hybridized carbons (Fsp3) is 0. The van der Waals surface area contributed by atoms with E-state index in [2.05, 4.69) is 0 Å². The summed E-state index contributed by atoms with van der Waals surface area (Å²) in [5, 5.41) is 0. The summed E-state index contributed by atoms with van der Waals surface area (Å²) in [5.74, 6) is -0.758. The maximum Gasteiger partial charge on any atom is 0.248 e. The zero-order valence-electron chi connectivity index (χ0n) is 10.5. The van der Waals surface area contributed by atoms with Gasteiger partial charge in [-0.05, 0) is 24.3 Å². The van der Waals surface area contributed by atoms with Crippen LogP contribution in [0.2, 0.25) is 0 Å². The molecule has 0 fully saturated rings. The van der Waals surface area contributed by atoms with Gasteiger partial charge in [-0.15, -0.1) is 0 Å². The molecule has 0 saturated carbocycles. The van der Waals surface area contributed by atoms with E-state index in [1.54, 1.807) is 48.5 Å². The van der Waals surface area contributed by atoms with Crippen LogP contribution in [0.15, 0.2) is 60.7 Å². The van der Waals surface area contributed by atoms with Gasteiger partial charge in [-0.25, -0.2) is 0 Å². The molecule has 0 bridgehead atoms. The molecule has 0 saturated heterocycles. The molecule has 0 radical (unpaired) electrons. The van der Waals surface area contributed by atoms with Crippen LogP contribution < -0.4 is 11.5 Å². The molecule has 0 atom stereocenters. The summed E-state index contributed by atoms with van der Waals surface area (Å²) in [7, 11) is 0. The first-order chi connectivity index (χ1) is 8.61. The van der Waals surface area contributed by atoms with E-state index in [9.17, 15) is 9.59 Å². The van der Waals surface area contributed by atoms with Gasteiger partial charge in [-0.3, -0.25) is 9.59 Å². The Hall–Kier alpha value is -2.00. The molecule has 0 aliphatic rings. The first kappa shape index (κ1) is 17.0. The molecule has 0 unspecified atom stereocenters. The Bertz CT molecular complexity index is 466. The second kappa shape index (κ2) is 9.00. The average molecular weight is 308 g/mol. The average Bonchev–Trinajstić information content (AvgIpc) is 2.41. The van der Waals surface area contributed by atoms with Gasteiger partial charge in [-0.1, -0.05) is 36.4 Å². The van der Waals surface area contributed by atoms with E-state index in [4.69, 9.17) is 11.5 Å². The van der Waals surface area contributed by atoms with Crippen molar-refractivity contribution >= 4 is 11.8 Å². The SMILES string of the molecule is NC(=O)c1ccccc1.NC(=O)c1ccccc1.[Zn]. The largest absolute Gasteiger partial charge is 0.366 e. The van der Waals surface area contributed by atoms with E-state index in [0.29, 0.717) is 11.1 Å². The third-order valence-electron chi connectivity index (χ3n) is 2.12. The second-order valence-electron chi connectivity index (χ2n) is 3.46. The summed E-state index contributed by atoms with van der Waals surface area (Å²) in [6.07, 6.45) is 0. The van der Waals surface area contributed by atoms with Gasteiger partial charge in [0.1, 0.15) is 0 Å². The van der Waals surface area contributed by atoms with Crippen molar-refractivity contribution in [1.29, 1.82) is 0 Å². The van der Waals surface area contributed by atoms with Gasteiger partial charge in [0, 0.05) is 30.6 Å². The molecule has 94 valence electrons. The molecule has 5 heteroatoms. The maximum atomic E-state index is 10.4. The van der Waals surface area contributed by atoms with Gasteiger partial charge in [0.2, 0.25) is 11.8 Å². The van der Waals surface area contributed by atoms with Crippen LogP contribution in [0.3, 0.4) is 0 Å². The van der Waals surface area contributed by atoms with E-state index in [1.165, 1.54) is 0 Å². The molecule has 2 aromatic rings. The molecule has 2 aromatic carbocycles. The molecule has 4 N–H and O–H groups in total. The predicted octanol–water partition coefficient (Wildman–Crippen LogP) is 1.57. The minimum atomic E-state index is -0.379. The molecule has 2 amide bonds. The number of nitrogens with two attached hydrogens (primary N) is 2. The monoisotopic (exact) mass is 306 g/mol. The number of carbonyl (C=O) groups is 2. The quantitative estimate of drug-likeness (QED) is 0.825. The number of amides is 2. The molecule has 0 heterocycles. The van der Waals surface area contributed by atoms with E-state index in [1.807, 2.05) is 12.1 Å². The van der Waals surface area contributed by atoms with Gasteiger partial charge in [0.15, 0.2) is 0 Å². The van der Waals surface area contributed by atoms with Gasteiger partial charge >= 0.3 is 0 Å². The van der Waals surface area contributed by atoms with Crippen LogP contribution >= 0.6 is 0 Å². The van der Waals surface area contributed by atoms with Crippen LogP contribution in [-0.2, 0) is 19.5 Å². The van der Waals surface area contributed by atoms with E-state index in [0.717, 1.165) is 0 Å². The van der Waals surface area contributed by atoms with Crippen molar-refractivity contribution in [1.82, 2.24) is 0 Å². The normalized spacial score (nSPS) is 8.42. The van der Waals surface area contributed by atoms with E-state index >= 15 is 0 Å². The molecule has 0 aliphatic heterocycles. The molecule has 0 spiro atoms. The summed E-state index contributed by atoms with van der Waals surface area (Å²) in [4.78, 5) is 20.8. The summed E-state index contributed by atoms with van der Waals surface area (Å²) in [6.45, 7) is 0. The Balaban J connectivity index is 0.000000324. The Morgan fingerprint density at radius 1 is 0.632 bits per heavy atom. The predicted molar refractivity (Wildman–Crippen MR) is 69.9 cm³/mol. The number of hydrogen-bond donors (Lipinski definition) is 2. The van der Waals surface area contributed by atoms with Crippen LogP contribution in [-0.4, -0.2) is 11.8 Å². The summed E-state index contributed by atoms with van der Waals surface area (Å²) < 4.78 is 0. The molecule has 2 rings (SSSR count). The Morgan fingerprint density at radius 3 is 1.05 bits per heavy atom. The van der Waals surface area contributed by atoms with Crippen LogP contribution in [0.5, 0.6) is 0 Å². The van der Waals surface area contributed by atoms with Gasteiger partial charge < -0.3 is 11.5 Å². The van der Waals surface area contributed by atoms with Gasteiger partial charge in [0.25, 0.3) is 0 Å². The van der Waals surface area contributed by atoms with Crippen molar-refractivity contribution in [2.24, 2.45) is 11.5 Å². The molecule has 4 nitrogen and oxygen atoms in total. The number of rotatable bonds is 2. The zero-order chi connectivity index (χ0) is 13.4. The summed E-state index contributed by atoms with van der Waals surface area (Å²) in [6, 6.07) is 17.5. The zero-order valence-corrected chi connectivity index (χ0v) is 13.4. The fourth-order valence-electron chi connectivity index (χ4n) is 1.20. The molecular formula is C14H14N2O2Zn. The van der Waals surface area contributed by atoms with Crippen LogP contribution in [0, 0.1) is 0 Å². The Kier molecular flexibility index (Phi) is 8.06. The summed E-state index contributed by atoms with van der Waals surface area (Å²) >= 11 is 0. The van der Waals surface area contributed by atoms with Gasteiger partial charge in [-0.2, -0.15) is 0 Å². The van der Waals surface area contributed by atoms with E-state index < -0.39 is 0 Å². The number of carbonyl (C=O) groups excluding carboxylic acids is 2. The van der Waals surface area contributed by atoms with Crippen molar-refractivity contribution in [2.75, 3.05) is 0 Å². The molecule has 0 aromatic heterocycles. The number of primary amides is 2. The minimum Gasteiger partial charge on any atom is -0.366 e. The fourth-order valence-corrected chi connectivity index (χ4v) is 1.20. The van der Waals surface area contributed by atoms with Crippen molar-refractivity contribution < 1.29 is 29.1 Å². The van der Waals surface area contributed by atoms with Crippen LogP contribution in [0.25, 0.3) is 0 Å². The Morgan fingerprint density at radius 2 is 0.895 bits per heavy atom. The topological polar surface area (TPSA) is 86.2 Å². The molecular weight excluding hydrogens is 294 g/mol. The molecule has 19 heavy (non-hydrogen) atoms. The smallest absolute Gasteiger partial charge is 0.248 e. The van der Waals surface area contributed by atoms with Crippen LogP contribution in [0.1, 0.15) is 20.7 Å².